The highest BCUT2D eigenvalue weighted by atomic mass is 79.9. The highest BCUT2D eigenvalue weighted by molar-refractivity contribution is 9.10. The number of hydrogen-bond donors (Lipinski definition) is 0. The number of methoxy groups -OCH3 is 2. The highest BCUT2D eigenvalue weighted by Gasteiger charge is 2.48. The number of ether oxygens (including phenoxy) is 3. The molecule has 0 spiro atoms. The van der Waals surface area contributed by atoms with E-state index in [0.717, 1.165) is 0 Å². The van der Waals surface area contributed by atoms with Gasteiger partial charge in [-0.2, -0.15) is 0 Å². The van der Waals surface area contributed by atoms with Crippen molar-refractivity contribution in [3.8, 4) is 5.75 Å². The van der Waals surface area contributed by atoms with Crippen molar-refractivity contribution in [2.24, 2.45) is 5.41 Å². The van der Waals surface area contributed by atoms with E-state index in [1.165, 1.54) is 7.11 Å². The van der Waals surface area contributed by atoms with Crippen molar-refractivity contribution in [1.29, 1.82) is 0 Å². The lowest BCUT2D eigenvalue weighted by Crippen LogP contribution is -2.50. The highest BCUT2D eigenvalue weighted by Crippen LogP contribution is 2.47. The minimum atomic E-state index is -3.18. The molecular weight excluding hydrogens is 493 g/mol. The molecule has 0 amide bonds. The van der Waals surface area contributed by atoms with Gasteiger partial charge in [0.1, 0.15) is 5.69 Å². The molecule has 0 N–H and O–H groups in total. The Balaban J connectivity index is 2.14. The first-order valence-electron chi connectivity index (χ1n) is 10.2. The molecule has 1 aliphatic heterocycles. The first kappa shape index (κ1) is 26.2. The van der Waals surface area contributed by atoms with E-state index in [2.05, 4.69) is 15.9 Å². The number of halogens is 1. The Kier molecular flexibility index (Phi) is 9.48. The Morgan fingerprint density at radius 2 is 1.84 bits per heavy atom. The van der Waals surface area contributed by atoms with Crippen LogP contribution in [0, 0.1) is 5.41 Å². The Morgan fingerprint density at radius 3 is 2.39 bits per heavy atom. The van der Waals surface area contributed by atoms with E-state index in [1.54, 1.807) is 38.6 Å². The smallest absolute Gasteiger partial charge is 0.332 e. The SMILES string of the molecule is CCOP(=O)(CCOCCC1(C)C(=O)c2c(OC)c(=O)c(Br)cn2CC1OC)OCC. The second kappa shape index (κ2) is 11.2. The third kappa shape index (κ3) is 5.67. The molecule has 0 aliphatic carbocycles. The average molecular weight is 524 g/mol. The number of ketones is 1. The summed E-state index contributed by atoms with van der Waals surface area (Å²) in [7, 11) is -0.256. The van der Waals surface area contributed by atoms with Crippen LogP contribution in [-0.2, 0) is 29.6 Å². The quantitative estimate of drug-likeness (QED) is 0.303. The summed E-state index contributed by atoms with van der Waals surface area (Å²) in [6.45, 7) is 6.67. The van der Waals surface area contributed by atoms with Gasteiger partial charge in [-0.25, -0.2) is 0 Å². The predicted octanol–water partition coefficient (Wildman–Crippen LogP) is 3.51. The van der Waals surface area contributed by atoms with Crippen LogP contribution in [0.1, 0.15) is 37.7 Å². The lowest BCUT2D eigenvalue weighted by Gasteiger charge is -2.41. The second-order valence-corrected chi connectivity index (χ2v) is 10.4. The van der Waals surface area contributed by atoms with Crippen molar-refractivity contribution in [3.05, 3.63) is 26.6 Å². The number of rotatable bonds is 12. The van der Waals surface area contributed by atoms with E-state index in [0.29, 0.717) is 17.4 Å². The Bertz CT molecular complexity index is 879. The van der Waals surface area contributed by atoms with Gasteiger partial charge < -0.3 is 27.8 Å². The normalized spacial score (nSPS) is 21.2. The first-order valence-corrected chi connectivity index (χ1v) is 12.7. The van der Waals surface area contributed by atoms with Crippen molar-refractivity contribution in [2.75, 3.05) is 46.8 Å². The van der Waals surface area contributed by atoms with E-state index in [-0.39, 0.29) is 55.2 Å². The molecule has 1 aromatic heterocycles. The minimum Gasteiger partial charge on any atom is -0.491 e. The number of Topliss-reactive ketones (excluding diaryl/α,β-unsaturated/α-hetero) is 1. The standard InChI is InChI=1S/C20H31BrNO8P/c1-6-29-31(25,30-7-2)11-10-28-9-8-20(3)15(26-4)13-22-12-14(21)17(23)18(27-5)16(22)19(20)24/h12,15H,6-11,13H2,1-5H3. The van der Waals surface area contributed by atoms with Gasteiger partial charge in [0.25, 0.3) is 0 Å². The van der Waals surface area contributed by atoms with Crippen LogP contribution in [0.5, 0.6) is 5.75 Å². The van der Waals surface area contributed by atoms with Crippen LogP contribution in [0.4, 0.5) is 0 Å². The largest absolute Gasteiger partial charge is 0.491 e. The molecule has 2 unspecified atom stereocenters. The molecule has 9 nitrogen and oxygen atoms in total. The molecule has 0 saturated heterocycles. The van der Waals surface area contributed by atoms with Crippen molar-refractivity contribution in [2.45, 2.75) is 39.8 Å². The van der Waals surface area contributed by atoms with E-state index in [4.69, 9.17) is 23.3 Å². The summed E-state index contributed by atoms with van der Waals surface area (Å²) in [4.78, 5) is 25.9. The molecule has 176 valence electrons. The molecule has 2 atom stereocenters. The van der Waals surface area contributed by atoms with Gasteiger partial charge in [-0.3, -0.25) is 14.2 Å². The lowest BCUT2D eigenvalue weighted by molar-refractivity contribution is -0.0286. The molecule has 2 rings (SSSR count). The molecule has 2 heterocycles. The van der Waals surface area contributed by atoms with Gasteiger partial charge in [-0.15, -0.1) is 0 Å². The molecule has 1 aromatic rings. The number of aromatic nitrogens is 1. The van der Waals surface area contributed by atoms with Crippen molar-refractivity contribution in [3.63, 3.8) is 0 Å². The van der Waals surface area contributed by atoms with Crippen molar-refractivity contribution >= 4 is 29.3 Å². The topological polar surface area (TPSA) is 102 Å². The fourth-order valence-electron chi connectivity index (χ4n) is 3.70. The second-order valence-electron chi connectivity index (χ2n) is 7.34. The number of carbonyl (C=O) groups excluding carboxylic acids is 1. The number of hydrogen-bond acceptors (Lipinski definition) is 8. The van der Waals surface area contributed by atoms with Gasteiger partial charge in [0.2, 0.25) is 5.43 Å². The van der Waals surface area contributed by atoms with E-state index in [9.17, 15) is 14.2 Å². The summed E-state index contributed by atoms with van der Waals surface area (Å²) < 4.78 is 41.6. The number of fused-ring (bicyclic) bond motifs is 1. The molecular formula is C20H31BrNO8P. The molecule has 0 saturated carbocycles. The van der Waals surface area contributed by atoms with Gasteiger partial charge in [0.15, 0.2) is 11.5 Å². The molecule has 0 bridgehead atoms. The van der Waals surface area contributed by atoms with Crippen LogP contribution >= 0.6 is 23.5 Å². The summed E-state index contributed by atoms with van der Waals surface area (Å²) in [5, 5.41) is 0. The molecule has 11 heteroatoms. The number of pyridine rings is 1. The average Bonchev–Trinajstić information content (AvgIpc) is 2.72. The molecule has 1 aliphatic rings. The molecule has 0 aromatic carbocycles. The Morgan fingerprint density at radius 1 is 1.19 bits per heavy atom. The summed E-state index contributed by atoms with van der Waals surface area (Å²) in [5.41, 5.74) is -1.07. The fraction of sp³-hybridized carbons (Fsp3) is 0.700. The molecule has 31 heavy (non-hydrogen) atoms. The van der Waals surface area contributed by atoms with Crippen molar-refractivity contribution < 1.29 is 32.6 Å². The fourth-order valence-corrected chi connectivity index (χ4v) is 5.60. The maximum absolute atomic E-state index is 13.5. The van der Waals surface area contributed by atoms with Crippen LogP contribution in [0.15, 0.2) is 15.5 Å². The maximum Gasteiger partial charge on any atom is 0.332 e. The summed E-state index contributed by atoms with van der Waals surface area (Å²) in [5.74, 6) is -0.236. The van der Waals surface area contributed by atoms with Crippen LogP contribution in [0.3, 0.4) is 0 Å². The zero-order chi connectivity index (χ0) is 23.2. The van der Waals surface area contributed by atoms with Crippen LogP contribution in [0.2, 0.25) is 0 Å². The minimum absolute atomic E-state index is 0.00967. The van der Waals surface area contributed by atoms with Crippen LogP contribution in [-0.4, -0.2) is 63.3 Å². The number of nitrogens with zero attached hydrogens (tertiary/aromatic N) is 1. The summed E-state index contributed by atoms with van der Waals surface area (Å²) in [6, 6.07) is 0. The summed E-state index contributed by atoms with van der Waals surface area (Å²) >= 11 is 3.22. The van der Waals surface area contributed by atoms with Crippen molar-refractivity contribution in [1.82, 2.24) is 4.57 Å². The third-order valence-electron chi connectivity index (χ3n) is 5.42. The predicted molar refractivity (Wildman–Crippen MR) is 119 cm³/mol. The molecule has 0 fully saturated rings. The van der Waals surface area contributed by atoms with Crippen LogP contribution in [0.25, 0.3) is 0 Å². The number of carbonyl (C=O) groups is 1. The van der Waals surface area contributed by atoms with Crippen LogP contribution < -0.4 is 10.2 Å². The first-order chi connectivity index (χ1) is 14.7. The molecule has 0 radical (unpaired) electrons. The van der Waals surface area contributed by atoms with E-state index >= 15 is 0 Å². The van der Waals surface area contributed by atoms with Gasteiger partial charge in [-0.05, 0) is 43.1 Å². The monoisotopic (exact) mass is 523 g/mol. The Hall–Kier alpha value is -1.03. The third-order valence-corrected chi connectivity index (χ3v) is 8.02. The zero-order valence-corrected chi connectivity index (χ0v) is 21.1. The van der Waals surface area contributed by atoms with Gasteiger partial charge in [0.05, 0.1) is 55.6 Å². The van der Waals surface area contributed by atoms with Gasteiger partial charge >= 0.3 is 7.60 Å². The lowest BCUT2D eigenvalue weighted by atomic mass is 9.73. The van der Waals surface area contributed by atoms with E-state index in [1.807, 2.05) is 0 Å². The van der Waals surface area contributed by atoms with Gasteiger partial charge in [-0.1, -0.05) is 0 Å². The summed E-state index contributed by atoms with van der Waals surface area (Å²) in [6.07, 6.45) is 1.64. The Labute approximate surface area is 191 Å². The van der Waals surface area contributed by atoms with E-state index < -0.39 is 19.1 Å². The maximum atomic E-state index is 13.5. The zero-order valence-electron chi connectivity index (χ0n) is 18.6. The van der Waals surface area contributed by atoms with Gasteiger partial charge in [0, 0.05) is 19.9 Å².